The van der Waals surface area contributed by atoms with Crippen molar-refractivity contribution in [3.05, 3.63) is 34.1 Å². The summed E-state index contributed by atoms with van der Waals surface area (Å²) in [5.74, 6) is -0.490. The number of fused-ring (bicyclic) bond motifs is 1. The molecule has 0 N–H and O–H groups in total. The fourth-order valence-electron chi connectivity index (χ4n) is 2.06. The van der Waals surface area contributed by atoms with Crippen LogP contribution in [0, 0.1) is 5.92 Å². The van der Waals surface area contributed by atoms with Crippen LogP contribution in [0.1, 0.15) is 26.0 Å². The van der Waals surface area contributed by atoms with E-state index in [1.807, 2.05) is 6.92 Å². The summed E-state index contributed by atoms with van der Waals surface area (Å²) >= 11 is 12.1. The zero-order valence-corrected chi connectivity index (χ0v) is 13.4. The Hall–Kier alpha value is -1.39. The van der Waals surface area contributed by atoms with Crippen LogP contribution >= 0.6 is 23.2 Å². The highest BCUT2D eigenvalue weighted by molar-refractivity contribution is 6.31. The molecule has 0 amide bonds. The van der Waals surface area contributed by atoms with Crippen LogP contribution in [-0.2, 0) is 16.0 Å². The summed E-state index contributed by atoms with van der Waals surface area (Å²) in [6.07, 6.45) is 1.08. The van der Waals surface area contributed by atoms with Crippen LogP contribution in [0.5, 0.6) is 0 Å². The Morgan fingerprint density at radius 2 is 2.00 bits per heavy atom. The summed E-state index contributed by atoms with van der Waals surface area (Å²) in [5.41, 5.74) is 1.95. The maximum Gasteiger partial charge on any atom is 0.309 e. The average molecular weight is 327 g/mol. The van der Waals surface area contributed by atoms with E-state index in [0.29, 0.717) is 46.4 Å². The van der Waals surface area contributed by atoms with Gasteiger partial charge in [-0.3, -0.25) is 4.79 Å². The van der Waals surface area contributed by atoms with Crippen molar-refractivity contribution in [3.63, 3.8) is 0 Å². The van der Waals surface area contributed by atoms with E-state index in [2.05, 4.69) is 9.97 Å². The molecule has 0 bridgehead atoms. The van der Waals surface area contributed by atoms with Crippen LogP contribution < -0.4 is 0 Å². The molecule has 0 saturated heterocycles. The molecule has 0 aliphatic carbocycles. The summed E-state index contributed by atoms with van der Waals surface area (Å²) in [6.45, 7) is 4.09. The second-order valence-electron chi connectivity index (χ2n) is 4.66. The van der Waals surface area contributed by atoms with Gasteiger partial charge in [0, 0.05) is 11.4 Å². The summed E-state index contributed by atoms with van der Waals surface area (Å²) < 4.78 is 5.06. The van der Waals surface area contributed by atoms with Gasteiger partial charge in [-0.25, -0.2) is 9.97 Å². The molecule has 2 aromatic rings. The van der Waals surface area contributed by atoms with Gasteiger partial charge in [0.15, 0.2) is 5.15 Å². The van der Waals surface area contributed by atoms with E-state index >= 15 is 0 Å². The van der Waals surface area contributed by atoms with E-state index in [0.717, 1.165) is 0 Å². The van der Waals surface area contributed by atoms with Crippen LogP contribution in [0.25, 0.3) is 11.0 Å². The number of benzene rings is 1. The Morgan fingerprint density at radius 3 is 2.67 bits per heavy atom. The van der Waals surface area contributed by atoms with Gasteiger partial charge in [-0.2, -0.15) is 0 Å². The van der Waals surface area contributed by atoms with Gasteiger partial charge in [-0.05, 0) is 31.5 Å². The van der Waals surface area contributed by atoms with Crippen molar-refractivity contribution in [3.8, 4) is 0 Å². The summed E-state index contributed by atoms with van der Waals surface area (Å²) in [6, 6.07) is 5.25. The summed E-state index contributed by atoms with van der Waals surface area (Å²) in [7, 11) is 0. The molecule has 1 aromatic heterocycles. The van der Waals surface area contributed by atoms with E-state index < -0.39 is 0 Å². The number of aromatic nitrogens is 2. The number of hydrogen-bond acceptors (Lipinski definition) is 4. The van der Waals surface area contributed by atoms with Crippen LogP contribution in [0.4, 0.5) is 0 Å². The second-order valence-corrected chi connectivity index (χ2v) is 5.45. The molecule has 0 aliphatic rings. The van der Waals surface area contributed by atoms with Gasteiger partial charge in [-0.15, -0.1) is 0 Å². The fraction of sp³-hybridized carbons (Fsp3) is 0.400. The van der Waals surface area contributed by atoms with E-state index in [-0.39, 0.29) is 11.9 Å². The third-order valence-electron chi connectivity index (χ3n) is 3.20. The van der Waals surface area contributed by atoms with E-state index in [4.69, 9.17) is 27.9 Å². The first-order chi connectivity index (χ1) is 10.0. The average Bonchev–Trinajstić information content (AvgIpc) is 2.45. The lowest BCUT2D eigenvalue weighted by Gasteiger charge is -2.14. The molecule has 21 heavy (non-hydrogen) atoms. The number of halogens is 2. The first-order valence-electron chi connectivity index (χ1n) is 6.83. The highest BCUT2D eigenvalue weighted by Gasteiger charge is 2.21. The minimum atomic E-state index is -0.262. The van der Waals surface area contributed by atoms with Crippen molar-refractivity contribution in [2.45, 2.75) is 26.7 Å². The molecule has 4 nitrogen and oxygen atoms in total. The lowest BCUT2D eigenvalue weighted by atomic mass is 10.0. The standard InChI is InChI=1S/C15H16Cl2N2O2/c1-3-9(15(20)21-4-2)7-13-14(17)19-12-8-10(16)5-6-11(12)18-13/h5-6,8-9H,3-4,7H2,1-2H3. The van der Waals surface area contributed by atoms with Crippen molar-refractivity contribution < 1.29 is 9.53 Å². The highest BCUT2D eigenvalue weighted by Crippen LogP contribution is 2.23. The molecular formula is C15H16Cl2N2O2. The van der Waals surface area contributed by atoms with Crippen molar-refractivity contribution >= 4 is 40.2 Å². The number of carbonyl (C=O) groups excluding carboxylic acids is 1. The fourth-order valence-corrected chi connectivity index (χ4v) is 2.44. The maximum absolute atomic E-state index is 11.9. The Labute approximate surface area is 133 Å². The van der Waals surface area contributed by atoms with Crippen molar-refractivity contribution in [2.75, 3.05) is 6.61 Å². The van der Waals surface area contributed by atoms with Gasteiger partial charge in [-0.1, -0.05) is 30.1 Å². The van der Waals surface area contributed by atoms with Gasteiger partial charge >= 0.3 is 5.97 Å². The number of esters is 1. The lowest BCUT2D eigenvalue weighted by Crippen LogP contribution is -2.20. The molecule has 0 saturated carbocycles. The van der Waals surface area contributed by atoms with Crippen molar-refractivity contribution in [1.29, 1.82) is 0 Å². The molecule has 0 radical (unpaired) electrons. The molecule has 0 aliphatic heterocycles. The Morgan fingerprint density at radius 1 is 1.24 bits per heavy atom. The molecule has 112 valence electrons. The quantitative estimate of drug-likeness (QED) is 0.777. The van der Waals surface area contributed by atoms with E-state index in [9.17, 15) is 4.79 Å². The molecule has 1 unspecified atom stereocenters. The monoisotopic (exact) mass is 326 g/mol. The zero-order valence-electron chi connectivity index (χ0n) is 11.9. The topological polar surface area (TPSA) is 52.1 Å². The third-order valence-corrected chi connectivity index (χ3v) is 3.74. The van der Waals surface area contributed by atoms with Crippen LogP contribution in [-0.4, -0.2) is 22.5 Å². The smallest absolute Gasteiger partial charge is 0.309 e. The van der Waals surface area contributed by atoms with Gasteiger partial charge in [0.25, 0.3) is 0 Å². The molecule has 0 spiro atoms. The minimum absolute atomic E-state index is 0.228. The Balaban J connectivity index is 2.31. The van der Waals surface area contributed by atoms with Crippen LogP contribution in [0.3, 0.4) is 0 Å². The summed E-state index contributed by atoms with van der Waals surface area (Å²) in [4.78, 5) is 20.6. The molecule has 1 atom stereocenters. The number of rotatable bonds is 5. The van der Waals surface area contributed by atoms with Gasteiger partial charge < -0.3 is 4.74 Å². The first kappa shape index (κ1) is 16.0. The molecule has 1 heterocycles. The SMILES string of the molecule is CCOC(=O)C(CC)Cc1nc2ccc(Cl)cc2nc1Cl. The highest BCUT2D eigenvalue weighted by atomic mass is 35.5. The molecule has 2 rings (SSSR count). The lowest BCUT2D eigenvalue weighted by molar-refractivity contribution is -0.148. The van der Waals surface area contributed by atoms with Crippen LogP contribution in [0.2, 0.25) is 10.2 Å². The largest absolute Gasteiger partial charge is 0.466 e. The number of carbonyl (C=O) groups is 1. The van der Waals surface area contributed by atoms with Gasteiger partial charge in [0.1, 0.15) is 0 Å². The second kappa shape index (κ2) is 7.05. The van der Waals surface area contributed by atoms with Crippen LogP contribution in [0.15, 0.2) is 18.2 Å². The maximum atomic E-state index is 11.9. The minimum Gasteiger partial charge on any atom is -0.466 e. The Bertz CT molecular complexity index is 661. The Kier molecular flexibility index (Phi) is 5.37. The predicted octanol–water partition coefficient (Wildman–Crippen LogP) is 4.07. The molecule has 1 aromatic carbocycles. The van der Waals surface area contributed by atoms with Gasteiger partial charge in [0.2, 0.25) is 0 Å². The van der Waals surface area contributed by atoms with Crippen molar-refractivity contribution in [2.24, 2.45) is 5.92 Å². The number of hydrogen-bond donors (Lipinski definition) is 0. The van der Waals surface area contributed by atoms with Gasteiger partial charge in [0.05, 0.1) is 29.3 Å². The molecular weight excluding hydrogens is 311 g/mol. The predicted molar refractivity (Wildman–Crippen MR) is 83.7 cm³/mol. The zero-order chi connectivity index (χ0) is 15.4. The third kappa shape index (κ3) is 3.83. The van der Waals surface area contributed by atoms with E-state index in [1.165, 1.54) is 0 Å². The molecule has 0 fully saturated rings. The summed E-state index contributed by atoms with van der Waals surface area (Å²) in [5, 5.41) is 0.881. The first-order valence-corrected chi connectivity index (χ1v) is 7.59. The van der Waals surface area contributed by atoms with Crippen molar-refractivity contribution in [1.82, 2.24) is 9.97 Å². The normalized spacial score (nSPS) is 12.4. The number of ether oxygens (including phenoxy) is 1. The molecule has 6 heteroatoms. The number of nitrogens with zero attached hydrogens (tertiary/aromatic N) is 2. The van der Waals surface area contributed by atoms with E-state index in [1.54, 1.807) is 25.1 Å².